The largest absolute Gasteiger partial charge is 0.493 e. The highest BCUT2D eigenvalue weighted by molar-refractivity contribution is 6.01. The number of nitrogens with zero attached hydrogens (tertiary/aromatic N) is 1. The molecule has 2 aromatic carbocycles. The fraction of sp³-hybridized carbons (Fsp3) is 0.238. The van der Waals surface area contributed by atoms with Gasteiger partial charge in [-0.15, -0.1) is 0 Å². The summed E-state index contributed by atoms with van der Waals surface area (Å²) < 4.78 is 29.9. The first-order chi connectivity index (χ1) is 13.6. The Morgan fingerprint density at radius 3 is 2.54 bits per heavy atom. The maximum atomic E-state index is 13.8. The Hall–Kier alpha value is -3.35. The Morgan fingerprint density at radius 2 is 1.86 bits per heavy atom. The van der Waals surface area contributed by atoms with Crippen molar-refractivity contribution in [2.24, 2.45) is 0 Å². The first kappa shape index (κ1) is 18.0. The number of hydrogen-bond acceptors (Lipinski definition) is 5. The highest BCUT2D eigenvalue weighted by atomic mass is 19.1. The molecule has 0 saturated heterocycles. The van der Waals surface area contributed by atoms with Crippen LogP contribution in [-0.4, -0.2) is 25.3 Å². The summed E-state index contributed by atoms with van der Waals surface area (Å²) in [5.41, 5.74) is 0.649. The van der Waals surface area contributed by atoms with Crippen LogP contribution in [0.1, 0.15) is 18.5 Å². The van der Waals surface area contributed by atoms with Gasteiger partial charge in [0, 0.05) is 11.6 Å². The van der Waals surface area contributed by atoms with Crippen molar-refractivity contribution in [1.29, 1.82) is 0 Å². The van der Waals surface area contributed by atoms with Gasteiger partial charge in [-0.05, 0) is 43.2 Å². The number of nitrogens with one attached hydrogen (secondary N) is 1. The second-order valence-electron chi connectivity index (χ2n) is 6.66. The van der Waals surface area contributed by atoms with Gasteiger partial charge in [-0.1, -0.05) is 17.3 Å². The van der Waals surface area contributed by atoms with Crippen molar-refractivity contribution in [3.8, 4) is 22.8 Å². The number of carbonyl (C=O) groups excluding carboxylic acids is 1. The molecule has 0 atom stereocenters. The number of halogens is 1. The van der Waals surface area contributed by atoms with Crippen LogP contribution in [0.3, 0.4) is 0 Å². The Morgan fingerprint density at radius 1 is 1.11 bits per heavy atom. The zero-order chi connectivity index (χ0) is 19.7. The molecule has 6 nitrogen and oxygen atoms in total. The first-order valence-corrected chi connectivity index (χ1v) is 8.83. The van der Waals surface area contributed by atoms with E-state index in [4.69, 9.17) is 14.0 Å². The lowest BCUT2D eigenvalue weighted by molar-refractivity contribution is -0.118. The average Bonchev–Trinajstić information content (AvgIpc) is 3.39. The van der Waals surface area contributed by atoms with E-state index in [1.165, 1.54) is 12.1 Å². The standard InChI is InChI=1S/C21H19FN2O4/c1-26-16-8-7-13(11-18(16)27-2)17-12-19(24-28-17)21(9-10-21)20(25)23-15-6-4-3-5-14(15)22/h3-8,11-12H,9-10H2,1-2H3,(H,23,25). The zero-order valence-corrected chi connectivity index (χ0v) is 15.5. The summed E-state index contributed by atoms with van der Waals surface area (Å²) in [4.78, 5) is 12.8. The molecule has 1 fully saturated rings. The highest BCUT2D eigenvalue weighted by Crippen LogP contribution is 2.49. The molecule has 1 N–H and O–H groups in total. The van der Waals surface area contributed by atoms with Crippen LogP contribution in [0.4, 0.5) is 10.1 Å². The number of para-hydroxylation sites is 1. The van der Waals surface area contributed by atoms with Crippen molar-refractivity contribution in [2.45, 2.75) is 18.3 Å². The predicted octanol–water partition coefficient (Wildman–Crippen LogP) is 4.17. The summed E-state index contributed by atoms with van der Waals surface area (Å²) in [5.74, 6) is 0.925. The third-order valence-corrected chi connectivity index (χ3v) is 4.98. The summed E-state index contributed by atoms with van der Waals surface area (Å²) in [6.07, 6.45) is 1.26. The van der Waals surface area contributed by atoms with Crippen molar-refractivity contribution in [1.82, 2.24) is 5.16 Å². The molecule has 0 radical (unpaired) electrons. The third-order valence-electron chi connectivity index (χ3n) is 4.98. The number of rotatable bonds is 6. The molecule has 3 aromatic rings. The van der Waals surface area contributed by atoms with E-state index >= 15 is 0 Å². The highest BCUT2D eigenvalue weighted by Gasteiger charge is 2.54. The maximum Gasteiger partial charge on any atom is 0.236 e. The minimum Gasteiger partial charge on any atom is -0.493 e. The molecule has 4 rings (SSSR count). The fourth-order valence-electron chi connectivity index (χ4n) is 3.16. The predicted molar refractivity (Wildman–Crippen MR) is 101 cm³/mol. The Balaban J connectivity index is 1.59. The number of carbonyl (C=O) groups is 1. The van der Waals surface area contributed by atoms with Gasteiger partial charge in [-0.2, -0.15) is 0 Å². The minimum atomic E-state index is -0.791. The van der Waals surface area contributed by atoms with Crippen molar-refractivity contribution in [3.63, 3.8) is 0 Å². The van der Waals surface area contributed by atoms with E-state index < -0.39 is 11.2 Å². The number of benzene rings is 2. The molecule has 28 heavy (non-hydrogen) atoms. The van der Waals surface area contributed by atoms with Gasteiger partial charge < -0.3 is 19.3 Å². The second-order valence-corrected chi connectivity index (χ2v) is 6.66. The summed E-state index contributed by atoms with van der Waals surface area (Å²) in [5, 5.41) is 6.77. The van der Waals surface area contributed by atoms with Crippen molar-refractivity contribution < 1.29 is 23.2 Å². The van der Waals surface area contributed by atoms with Crippen LogP contribution in [0.25, 0.3) is 11.3 Å². The molecule has 1 amide bonds. The van der Waals surface area contributed by atoms with E-state index in [0.29, 0.717) is 35.8 Å². The molecule has 0 bridgehead atoms. The van der Waals surface area contributed by atoms with E-state index in [2.05, 4.69) is 10.5 Å². The lowest BCUT2D eigenvalue weighted by Crippen LogP contribution is -2.28. The maximum absolute atomic E-state index is 13.8. The number of ether oxygens (including phenoxy) is 2. The van der Waals surface area contributed by atoms with Crippen LogP contribution in [0.15, 0.2) is 53.1 Å². The first-order valence-electron chi connectivity index (χ1n) is 8.83. The Bertz CT molecular complexity index is 1030. The molecule has 7 heteroatoms. The summed E-state index contributed by atoms with van der Waals surface area (Å²) in [6.45, 7) is 0. The molecular weight excluding hydrogens is 363 g/mol. The number of amides is 1. The van der Waals surface area contributed by atoms with Gasteiger partial charge in [0.2, 0.25) is 5.91 Å². The van der Waals surface area contributed by atoms with Gasteiger partial charge in [-0.3, -0.25) is 4.79 Å². The van der Waals surface area contributed by atoms with Gasteiger partial charge in [0.25, 0.3) is 0 Å². The Kier molecular flexibility index (Phi) is 4.50. The van der Waals surface area contributed by atoms with E-state index in [1.807, 2.05) is 6.07 Å². The van der Waals surface area contributed by atoms with E-state index in [-0.39, 0.29) is 11.6 Å². The van der Waals surface area contributed by atoms with E-state index in [1.54, 1.807) is 44.6 Å². The van der Waals surface area contributed by atoms with Crippen LogP contribution in [0, 0.1) is 5.82 Å². The monoisotopic (exact) mass is 382 g/mol. The van der Waals surface area contributed by atoms with Crippen LogP contribution in [-0.2, 0) is 10.2 Å². The fourth-order valence-corrected chi connectivity index (χ4v) is 3.16. The van der Waals surface area contributed by atoms with Crippen molar-refractivity contribution in [2.75, 3.05) is 19.5 Å². The number of methoxy groups -OCH3 is 2. The lowest BCUT2D eigenvalue weighted by Gasteiger charge is -2.12. The lowest BCUT2D eigenvalue weighted by atomic mass is 10.00. The summed E-state index contributed by atoms with van der Waals surface area (Å²) >= 11 is 0. The molecule has 1 aliphatic carbocycles. The minimum absolute atomic E-state index is 0.155. The van der Waals surface area contributed by atoms with Gasteiger partial charge in [0.15, 0.2) is 17.3 Å². The normalized spacial score (nSPS) is 14.4. The molecule has 1 saturated carbocycles. The SMILES string of the molecule is COc1ccc(-c2cc(C3(C(=O)Nc4ccccc4F)CC3)no2)cc1OC. The van der Waals surface area contributed by atoms with E-state index in [9.17, 15) is 9.18 Å². The van der Waals surface area contributed by atoms with Gasteiger partial charge in [0.05, 0.1) is 31.0 Å². The molecule has 1 aliphatic rings. The number of aromatic nitrogens is 1. The van der Waals surface area contributed by atoms with Crippen molar-refractivity contribution >= 4 is 11.6 Å². The molecule has 1 heterocycles. The average molecular weight is 382 g/mol. The Labute approximate surface area is 161 Å². The van der Waals surface area contributed by atoms with Crippen LogP contribution >= 0.6 is 0 Å². The molecule has 1 aromatic heterocycles. The third kappa shape index (κ3) is 3.09. The summed E-state index contributed by atoms with van der Waals surface area (Å²) in [6, 6.07) is 13.2. The van der Waals surface area contributed by atoms with Crippen LogP contribution < -0.4 is 14.8 Å². The molecular formula is C21H19FN2O4. The molecule has 0 aliphatic heterocycles. The summed E-state index contributed by atoms with van der Waals surface area (Å²) in [7, 11) is 3.12. The van der Waals surface area contributed by atoms with Gasteiger partial charge in [0.1, 0.15) is 5.82 Å². The van der Waals surface area contributed by atoms with Crippen molar-refractivity contribution in [3.05, 3.63) is 60.0 Å². The molecule has 0 unspecified atom stereocenters. The molecule has 144 valence electrons. The topological polar surface area (TPSA) is 73.6 Å². The van der Waals surface area contributed by atoms with E-state index in [0.717, 1.165) is 5.56 Å². The van der Waals surface area contributed by atoms with Gasteiger partial charge in [-0.25, -0.2) is 4.39 Å². The van der Waals surface area contributed by atoms with Gasteiger partial charge >= 0.3 is 0 Å². The number of hydrogen-bond donors (Lipinski definition) is 1. The zero-order valence-electron chi connectivity index (χ0n) is 15.5. The van der Waals surface area contributed by atoms with Crippen LogP contribution in [0.2, 0.25) is 0 Å². The second kappa shape index (κ2) is 6.99. The quantitative estimate of drug-likeness (QED) is 0.693. The smallest absolute Gasteiger partial charge is 0.236 e. The van der Waals surface area contributed by atoms with Crippen LogP contribution in [0.5, 0.6) is 11.5 Å². The number of anilines is 1. The molecule has 0 spiro atoms.